The average Bonchev–Trinajstić information content (AvgIpc) is 2.35. The van der Waals surface area contributed by atoms with E-state index in [0.717, 1.165) is 18.0 Å². The SMILES string of the molecule is CCNCCCS(=O)(=O)Nc1ccc(SC)cc1. The fourth-order valence-corrected chi connectivity index (χ4v) is 2.98. The molecule has 0 amide bonds. The second-order valence-corrected chi connectivity index (χ2v) is 6.58. The second kappa shape index (κ2) is 7.66. The number of hydrogen-bond acceptors (Lipinski definition) is 4. The maximum Gasteiger partial charge on any atom is 0.232 e. The standard InChI is InChI=1S/C12H20N2O2S2/c1-3-13-9-4-10-18(15,16)14-11-5-7-12(17-2)8-6-11/h5-8,13-14H,3-4,9-10H2,1-2H3. The van der Waals surface area contributed by atoms with Gasteiger partial charge in [-0.1, -0.05) is 6.92 Å². The molecule has 18 heavy (non-hydrogen) atoms. The van der Waals surface area contributed by atoms with E-state index in [-0.39, 0.29) is 5.75 Å². The first-order chi connectivity index (χ1) is 8.57. The Kier molecular flexibility index (Phi) is 6.52. The molecular formula is C12H20N2O2S2. The number of hydrogen-bond donors (Lipinski definition) is 2. The maximum atomic E-state index is 11.8. The first-order valence-corrected chi connectivity index (χ1v) is 8.80. The van der Waals surface area contributed by atoms with Gasteiger partial charge in [-0.25, -0.2) is 8.42 Å². The number of nitrogens with one attached hydrogen (secondary N) is 2. The van der Waals surface area contributed by atoms with Crippen LogP contribution in [-0.4, -0.2) is 33.5 Å². The molecule has 0 bridgehead atoms. The minimum Gasteiger partial charge on any atom is -0.317 e. The van der Waals surface area contributed by atoms with E-state index >= 15 is 0 Å². The van der Waals surface area contributed by atoms with Gasteiger partial charge in [-0.3, -0.25) is 4.72 Å². The molecule has 0 aliphatic carbocycles. The Hall–Kier alpha value is -0.720. The summed E-state index contributed by atoms with van der Waals surface area (Å²) >= 11 is 1.63. The lowest BCUT2D eigenvalue weighted by Crippen LogP contribution is -2.21. The molecule has 2 N–H and O–H groups in total. The Balaban J connectivity index is 2.48. The number of anilines is 1. The van der Waals surface area contributed by atoms with Crippen molar-refractivity contribution in [3.8, 4) is 0 Å². The summed E-state index contributed by atoms with van der Waals surface area (Å²) < 4.78 is 26.1. The van der Waals surface area contributed by atoms with Crippen LogP contribution in [0.1, 0.15) is 13.3 Å². The zero-order valence-electron chi connectivity index (χ0n) is 10.8. The van der Waals surface area contributed by atoms with Crippen molar-refractivity contribution in [1.82, 2.24) is 5.32 Å². The molecule has 0 saturated carbocycles. The Morgan fingerprint density at radius 3 is 2.44 bits per heavy atom. The number of rotatable bonds is 8. The van der Waals surface area contributed by atoms with E-state index in [4.69, 9.17) is 0 Å². The molecule has 4 nitrogen and oxygen atoms in total. The largest absolute Gasteiger partial charge is 0.317 e. The molecule has 0 aliphatic rings. The second-order valence-electron chi connectivity index (χ2n) is 3.86. The first-order valence-electron chi connectivity index (χ1n) is 5.92. The van der Waals surface area contributed by atoms with Crippen molar-refractivity contribution in [3.05, 3.63) is 24.3 Å². The Morgan fingerprint density at radius 1 is 1.22 bits per heavy atom. The summed E-state index contributed by atoms with van der Waals surface area (Å²) in [7, 11) is -3.23. The van der Waals surface area contributed by atoms with Crippen LogP contribution in [0.15, 0.2) is 29.2 Å². The van der Waals surface area contributed by atoms with Crippen LogP contribution < -0.4 is 10.0 Å². The third-order valence-electron chi connectivity index (χ3n) is 2.38. The van der Waals surface area contributed by atoms with E-state index in [0.29, 0.717) is 12.1 Å². The van der Waals surface area contributed by atoms with Gasteiger partial charge >= 0.3 is 0 Å². The molecule has 102 valence electrons. The van der Waals surface area contributed by atoms with E-state index in [1.54, 1.807) is 23.9 Å². The van der Waals surface area contributed by atoms with Gasteiger partial charge in [0.15, 0.2) is 0 Å². The van der Waals surface area contributed by atoms with Crippen LogP contribution in [0.25, 0.3) is 0 Å². The summed E-state index contributed by atoms with van der Waals surface area (Å²) in [6.07, 6.45) is 2.60. The molecule has 0 saturated heterocycles. The van der Waals surface area contributed by atoms with Gasteiger partial charge in [-0.15, -0.1) is 11.8 Å². The Labute approximate surface area is 114 Å². The van der Waals surface area contributed by atoms with E-state index < -0.39 is 10.0 Å². The number of thioether (sulfide) groups is 1. The minimum absolute atomic E-state index is 0.143. The smallest absolute Gasteiger partial charge is 0.232 e. The highest BCUT2D eigenvalue weighted by molar-refractivity contribution is 7.98. The molecule has 0 heterocycles. The maximum absolute atomic E-state index is 11.8. The molecule has 0 radical (unpaired) electrons. The Morgan fingerprint density at radius 2 is 1.89 bits per heavy atom. The minimum atomic E-state index is -3.23. The molecule has 0 spiro atoms. The van der Waals surface area contributed by atoms with Crippen molar-refractivity contribution in [2.75, 3.05) is 29.8 Å². The summed E-state index contributed by atoms with van der Waals surface area (Å²) in [5.74, 6) is 0.143. The van der Waals surface area contributed by atoms with Gasteiger partial charge in [0.2, 0.25) is 10.0 Å². The van der Waals surface area contributed by atoms with Gasteiger partial charge in [0.25, 0.3) is 0 Å². The topological polar surface area (TPSA) is 58.2 Å². The fraction of sp³-hybridized carbons (Fsp3) is 0.500. The molecule has 0 unspecified atom stereocenters. The van der Waals surface area contributed by atoms with Crippen molar-refractivity contribution in [2.24, 2.45) is 0 Å². The normalized spacial score (nSPS) is 11.4. The highest BCUT2D eigenvalue weighted by Gasteiger charge is 2.09. The van der Waals surface area contributed by atoms with Crippen LogP contribution in [0.4, 0.5) is 5.69 Å². The van der Waals surface area contributed by atoms with Crippen molar-refractivity contribution < 1.29 is 8.42 Å². The van der Waals surface area contributed by atoms with Crippen molar-refractivity contribution in [2.45, 2.75) is 18.2 Å². The highest BCUT2D eigenvalue weighted by atomic mass is 32.2. The zero-order chi connectivity index (χ0) is 13.4. The van der Waals surface area contributed by atoms with Crippen LogP contribution >= 0.6 is 11.8 Å². The predicted octanol–water partition coefficient (Wildman–Crippen LogP) is 2.15. The van der Waals surface area contributed by atoms with E-state index in [2.05, 4.69) is 10.0 Å². The van der Waals surface area contributed by atoms with Crippen LogP contribution in [0, 0.1) is 0 Å². The lowest BCUT2D eigenvalue weighted by Gasteiger charge is -2.08. The van der Waals surface area contributed by atoms with Gasteiger partial charge < -0.3 is 5.32 Å². The molecule has 0 atom stereocenters. The molecule has 6 heteroatoms. The van der Waals surface area contributed by atoms with Gasteiger partial charge in [-0.2, -0.15) is 0 Å². The third-order valence-corrected chi connectivity index (χ3v) is 4.50. The van der Waals surface area contributed by atoms with Crippen molar-refractivity contribution in [3.63, 3.8) is 0 Å². The Bertz CT molecular complexity index is 444. The van der Waals surface area contributed by atoms with Gasteiger partial charge in [-0.05, 0) is 50.0 Å². The summed E-state index contributed by atoms with van der Waals surface area (Å²) in [6.45, 7) is 3.59. The van der Waals surface area contributed by atoms with Crippen LogP contribution in [0.3, 0.4) is 0 Å². The van der Waals surface area contributed by atoms with Crippen molar-refractivity contribution >= 4 is 27.5 Å². The molecule has 1 aromatic rings. The first kappa shape index (κ1) is 15.3. The summed E-state index contributed by atoms with van der Waals surface area (Å²) in [5.41, 5.74) is 0.622. The van der Waals surface area contributed by atoms with Crippen molar-refractivity contribution in [1.29, 1.82) is 0 Å². The summed E-state index contributed by atoms with van der Waals surface area (Å²) in [4.78, 5) is 1.12. The fourth-order valence-electron chi connectivity index (χ4n) is 1.45. The summed E-state index contributed by atoms with van der Waals surface area (Å²) in [5, 5.41) is 3.10. The van der Waals surface area contributed by atoms with Crippen LogP contribution in [0.2, 0.25) is 0 Å². The average molecular weight is 288 g/mol. The van der Waals surface area contributed by atoms with E-state index in [9.17, 15) is 8.42 Å². The number of benzene rings is 1. The molecule has 0 aliphatic heterocycles. The number of sulfonamides is 1. The molecule has 0 fully saturated rings. The quantitative estimate of drug-likeness (QED) is 0.568. The van der Waals surface area contributed by atoms with E-state index in [1.165, 1.54) is 0 Å². The lowest BCUT2D eigenvalue weighted by atomic mass is 10.3. The van der Waals surface area contributed by atoms with Gasteiger partial charge in [0.05, 0.1) is 5.75 Å². The highest BCUT2D eigenvalue weighted by Crippen LogP contribution is 2.18. The zero-order valence-corrected chi connectivity index (χ0v) is 12.4. The van der Waals surface area contributed by atoms with Crippen LogP contribution in [0.5, 0.6) is 0 Å². The van der Waals surface area contributed by atoms with Gasteiger partial charge in [0, 0.05) is 10.6 Å². The van der Waals surface area contributed by atoms with E-state index in [1.807, 2.05) is 25.3 Å². The molecule has 0 aromatic heterocycles. The summed E-state index contributed by atoms with van der Waals surface area (Å²) in [6, 6.07) is 7.38. The molecule has 1 rings (SSSR count). The lowest BCUT2D eigenvalue weighted by molar-refractivity contribution is 0.595. The van der Waals surface area contributed by atoms with Crippen LogP contribution in [-0.2, 0) is 10.0 Å². The van der Waals surface area contributed by atoms with Gasteiger partial charge in [0.1, 0.15) is 0 Å². The molecular weight excluding hydrogens is 268 g/mol. The predicted molar refractivity (Wildman–Crippen MR) is 78.8 cm³/mol. The monoisotopic (exact) mass is 288 g/mol. The third kappa shape index (κ3) is 5.75. The molecule has 1 aromatic carbocycles.